The van der Waals surface area contributed by atoms with Crippen molar-refractivity contribution >= 4 is 28.3 Å². The lowest BCUT2D eigenvalue weighted by Gasteiger charge is -2.37. The summed E-state index contributed by atoms with van der Waals surface area (Å²) in [5, 5.41) is 3.90. The average molecular weight is 454 g/mol. The predicted octanol–water partition coefficient (Wildman–Crippen LogP) is 3.90. The van der Waals surface area contributed by atoms with Gasteiger partial charge in [-0.05, 0) is 54.1 Å². The zero-order valence-corrected chi connectivity index (χ0v) is 19.1. The van der Waals surface area contributed by atoms with Crippen LogP contribution in [0, 0.1) is 0 Å². The van der Waals surface area contributed by atoms with E-state index in [1.807, 2.05) is 54.6 Å². The van der Waals surface area contributed by atoms with E-state index >= 15 is 0 Å². The largest absolute Gasteiger partial charge is 0.497 e. The molecule has 7 nitrogen and oxygen atoms in total. The Labute approximate surface area is 199 Å². The number of benzene rings is 2. The number of nitrogens with zero attached hydrogens (tertiary/aromatic N) is 4. The second kappa shape index (κ2) is 9.79. The lowest BCUT2D eigenvalue weighted by molar-refractivity contribution is 0.0952. The summed E-state index contributed by atoms with van der Waals surface area (Å²) in [5.74, 6) is 1.59. The number of hydrogen-bond donors (Lipinski definition) is 1. The number of anilines is 2. The third kappa shape index (κ3) is 4.64. The minimum Gasteiger partial charge on any atom is -0.497 e. The molecular formula is C27H27N5O2. The van der Waals surface area contributed by atoms with Gasteiger partial charge in [-0.2, -0.15) is 0 Å². The van der Waals surface area contributed by atoms with Crippen LogP contribution in [0.2, 0.25) is 0 Å². The van der Waals surface area contributed by atoms with Gasteiger partial charge < -0.3 is 19.9 Å². The number of fused-ring (bicyclic) bond motifs is 1. The van der Waals surface area contributed by atoms with Crippen LogP contribution in [0.3, 0.4) is 0 Å². The molecule has 7 heteroatoms. The molecule has 1 saturated heterocycles. The molecule has 0 spiro atoms. The molecule has 2 aromatic carbocycles. The van der Waals surface area contributed by atoms with E-state index < -0.39 is 0 Å². The second-order valence-electron chi connectivity index (χ2n) is 8.26. The minimum atomic E-state index is -0.103. The van der Waals surface area contributed by atoms with Crippen LogP contribution in [-0.2, 0) is 6.54 Å². The summed E-state index contributed by atoms with van der Waals surface area (Å²) >= 11 is 0. The predicted molar refractivity (Wildman–Crippen MR) is 135 cm³/mol. The Balaban J connectivity index is 1.34. The Kier molecular flexibility index (Phi) is 6.25. The first-order chi connectivity index (χ1) is 16.7. The van der Waals surface area contributed by atoms with E-state index in [9.17, 15) is 4.79 Å². The minimum absolute atomic E-state index is 0.103. The number of pyridine rings is 2. The van der Waals surface area contributed by atoms with Crippen molar-refractivity contribution in [2.45, 2.75) is 6.54 Å². The number of rotatable bonds is 6. The van der Waals surface area contributed by atoms with Gasteiger partial charge in [0.1, 0.15) is 11.6 Å². The van der Waals surface area contributed by atoms with Crippen molar-refractivity contribution in [3.63, 3.8) is 0 Å². The van der Waals surface area contributed by atoms with E-state index in [-0.39, 0.29) is 5.91 Å². The Morgan fingerprint density at radius 3 is 2.38 bits per heavy atom. The maximum Gasteiger partial charge on any atom is 0.252 e. The smallest absolute Gasteiger partial charge is 0.252 e. The molecule has 1 amide bonds. The van der Waals surface area contributed by atoms with Gasteiger partial charge in [0.25, 0.3) is 5.91 Å². The molecule has 0 radical (unpaired) electrons. The second-order valence-corrected chi connectivity index (χ2v) is 8.26. The Morgan fingerprint density at radius 1 is 0.941 bits per heavy atom. The zero-order chi connectivity index (χ0) is 23.3. The number of ether oxygens (including phenoxy) is 1. The number of carbonyl (C=O) groups excluding carboxylic acids is 1. The van der Waals surface area contributed by atoms with Crippen molar-refractivity contribution in [3.05, 3.63) is 90.3 Å². The van der Waals surface area contributed by atoms with Gasteiger partial charge in [-0.15, -0.1) is 0 Å². The number of piperazine rings is 1. The number of methoxy groups -OCH3 is 1. The summed E-state index contributed by atoms with van der Waals surface area (Å²) in [7, 11) is 1.68. The first kappa shape index (κ1) is 21.7. The monoisotopic (exact) mass is 453 g/mol. The van der Waals surface area contributed by atoms with Crippen LogP contribution in [0.25, 0.3) is 10.9 Å². The van der Waals surface area contributed by atoms with Gasteiger partial charge >= 0.3 is 0 Å². The highest BCUT2D eigenvalue weighted by molar-refractivity contribution is 6.07. The van der Waals surface area contributed by atoms with Gasteiger partial charge in [0, 0.05) is 56.2 Å². The SMILES string of the molecule is COc1ccc(N2CCN(c3cc(C(=O)NCc4ccncc4)c4ccccc4n3)CC2)cc1. The number of aromatic nitrogens is 2. The van der Waals surface area contributed by atoms with Crippen molar-refractivity contribution in [2.24, 2.45) is 0 Å². The highest BCUT2D eigenvalue weighted by Crippen LogP contribution is 2.26. The van der Waals surface area contributed by atoms with Crippen molar-refractivity contribution in [1.29, 1.82) is 0 Å². The normalized spacial score (nSPS) is 13.7. The third-order valence-electron chi connectivity index (χ3n) is 6.19. The molecule has 0 unspecified atom stereocenters. The van der Waals surface area contributed by atoms with Gasteiger partial charge in [0.05, 0.1) is 18.2 Å². The summed E-state index contributed by atoms with van der Waals surface area (Å²) in [6.07, 6.45) is 3.46. The Bertz CT molecular complexity index is 1270. The first-order valence-electron chi connectivity index (χ1n) is 11.4. The maximum absolute atomic E-state index is 13.2. The zero-order valence-electron chi connectivity index (χ0n) is 19.1. The van der Waals surface area contributed by atoms with Crippen LogP contribution in [0.5, 0.6) is 5.75 Å². The van der Waals surface area contributed by atoms with Crippen LogP contribution in [0.15, 0.2) is 79.1 Å². The van der Waals surface area contributed by atoms with Gasteiger partial charge in [-0.25, -0.2) is 4.98 Å². The first-order valence-corrected chi connectivity index (χ1v) is 11.4. The topological polar surface area (TPSA) is 70.6 Å². The molecule has 5 rings (SSSR count). The lowest BCUT2D eigenvalue weighted by atomic mass is 10.1. The molecule has 1 aliphatic rings. The van der Waals surface area contributed by atoms with Crippen molar-refractivity contribution < 1.29 is 9.53 Å². The molecule has 0 saturated carbocycles. The summed E-state index contributed by atoms with van der Waals surface area (Å²) in [6, 6.07) is 21.7. The number of amides is 1. The fourth-order valence-corrected chi connectivity index (χ4v) is 4.28. The van der Waals surface area contributed by atoms with Crippen LogP contribution < -0.4 is 19.9 Å². The lowest BCUT2D eigenvalue weighted by Crippen LogP contribution is -2.46. The third-order valence-corrected chi connectivity index (χ3v) is 6.19. The molecule has 0 aliphatic carbocycles. The molecule has 0 atom stereocenters. The van der Waals surface area contributed by atoms with E-state index in [4.69, 9.17) is 9.72 Å². The Morgan fingerprint density at radius 2 is 1.65 bits per heavy atom. The fourth-order valence-electron chi connectivity index (χ4n) is 4.28. The van der Waals surface area contributed by atoms with Gasteiger partial charge in [0.15, 0.2) is 0 Å². The molecule has 3 heterocycles. The molecule has 1 fully saturated rings. The van der Waals surface area contributed by atoms with Crippen molar-refractivity contribution in [3.8, 4) is 5.75 Å². The van der Waals surface area contributed by atoms with E-state index in [1.165, 1.54) is 5.69 Å². The molecular weight excluding hydrogens is 426 g/mol. The quantitative estimate of drug-likeness (QED) is 0.478. The number of nitrogens with one attached hydrogen (secondary N) is 1. The summed E-state index contributed by atoms with van der Waals surface area (Å²) in [4.78, 5) is 26.7. The molecule has 4 aromatic rings. The molecule has 1 aliphatic heterocycles. The van der Waals surface area contributed by atoms with E-state index in [2.05, 4.69) is 32.2 Å². The van der Waals surface area contributed by atoms with Crippen LogP contribution in [0.1, 0.15) is 15.9 Å². The molecule has 0 bridgehead atoms. The van der Waals surface area contributed by atoms with E-state index in [0.717, 1.165) is 54.2 Å². The fraction of sp³-hybridized carbons (Fsp3) is 0.222. The van der Waals surface area contributed by atoms with Gasteiger partial charge in [-0.1, -0.05) is 18.2 Å². The molecule has 2 aromatic heterocycles. The molecule has 1 N–H and O–H groups in total. The highest BCUT2D eigenvalue weighted by Gasteiger charge is 2.21. The Hall–Kier alpha value is -4.13. The van der Waals surface area contributed by atoms with E-state index in [0.29, 0.717) is 12.1 Å². The number of para-hydroxylation sites is 1. The van der Waals surface area contributed by atoms with Gasteiger partial charge in [0.2, 0.25) is 0 Å². The molecule has 34 heavy (non-hydrogen) atoms. The summed E-state index contributed by atoms with van der Waals surface area (Å²) < 4.78 is 5.27. The van der Waals surface area contributed by atoms with E-state index in [1.54, 1.807) is 19.5 Å². The summed E-state index contributed by atoms with van der Waals surface area (Å²) in [6.45, 7) is 3.87. The highest BCUT2D eigenvalue weighted by atomic mass is 16.5. The number of hydrogen-bond acceptors (Lipinski definition) is 6. The average Bonchev–Trinajstić information content (AvgIpc) is 2.92. The van der Waals surface area contributed by atoms with Crippen LogP contribution >= 0.6 is 0 Å². The number of carbonyl (C=O) groups is 1. The standard InChI is InChI=1S/C27H27N5O2/c1-34-22-8-6-21(7-9-22)31-14-16-32(17-15-31)26-18-24(23-4-2-3-5-25(23)30-26)27(33)29-19-20-10-12-28-13-11-20/h2-13,18H,14-17,19H2,1H3,(H,29,33). The van der Waals surface area contributed by atoms with Crippen molar-refractivity contribution in [2.75, 3.05) is 43.1 Å². The van der Waals surface area contributed by atoms with Crippen LogP contribution in [0.4, 0.5) is 11.5 Å². The molecule has 172 valence electrons. The van der Waals surface area contributed by atoms with Gasteiger partial charge in [-0.3, -0.25) is 9.78 Å². The van der Waals surface area contributed by atoms with Crippen LogP contribution in [-0.4, -0.2) is 49.2 Å². The maximum atomic E-state index is 13.2. The summed E-state index contributed by atoms with van der Waals surface area (Å²) in [5.41, 5.74) is 3.67. The van der Waals surface area contributed by atoms with Crippen molar-refractivity contribution in [1.82, 2.24) is 15.3 Å².